The van der Waals surface area contributed by atoms with E-state index < -0.39 is 5.41 Å². The molecule has 1 saturated carbocycles. The van der Waals surface area contributed by atoms with E-state index in [0.29, 0.717) is 5.92 Å². The Morgan fingerprint density at radius 2 is 0.779 bits per heavy atom. The summed E-state index contributed by atoms with van der Waals surface area (Å²) in [4.78, 5) is 5.00. The van der Waals surface area contributed by atoms with Crippen LogP contribution in [0.4, 0.5) is 34.1 Å². The number of anilines is 6. The number of nitrogens with zero attached hydrogens (tertiary/aromatic N) is 2. The van der Waals surface area contributed by atoms with E-state index >= 15 is 0 Å². The third kappa shape index (κ3) is 7.38. The van der Waals surface area contributed by atoms with Crippen molar-refractivity contribution in [2.24, 2.45) is 0 Å². The quantitative estimate of drug-likeness (QED) is 0.142. The number of hydrogen-bond acceptors (Lipinski definition) is 2. The van der Waals surface area contributed by atoms with Gasteiger partial charge in [-0.3, -0.25) is 0 Å². The highest BCUT2D eigenvalue weighted by molar-refractivity contribution is 6.06. The van der Waals surface area contributed by atoms with Crippen LogP contribution in [0.1, 0.15) is 65.8 Å². The third-order valence-electron chi connectivity index (χ3n) is 17.2. The molecule has 1 atom stereocenters. The van der Waals surface area contributed by atoms with Crippen molar-refractivity contribution in [2.45, 2.75) is 43.4 Å². The highest BCUT2D eigenvalue weighted by atomic mass is 15.1. The van der Waals surface area contributed by atoms with E-state index in [0.717, 1.165) is 28.4 Å². The van der Waals surface area contributed by atoms with Crippen molar-refractivity contribution in [3.63, 3.8) is 0 Å². The molecule has 3 aliphatic carbocycles. The first kappa shape index (κ1) is 45.2. The van der Waals surface area contributed by atoms with Gasteiger partial charge in [0.25, 0.3) is 0 Å². The van der Waals surface area contributed by atoms with E-state index in [-0.39, 0.29) is 0 Å². The van der Waals surface area contributed by atoms with Crippen LogP contribution in [0.15, 0.2) is 273 Å². The van der Waals surface area contributed by atoms with E-state index in [1.807, 2.05) is 0 Å². The molecule has 3 aliphatic rings. The van der Waals surface area contributed by atoms with Crippen LogP contribution < -0.4 is 9.80 Å². The minimum Gasteiger partial charge on any atom is -0.310 e. The maximum absolute atomic E-state index is 2.54. The molecule has 2 nitrogen and oxygen atoms in total. The first-order valence-corrected chi connectivity index (χ1v) is 27.6. The molecule has 1 spiro atoms. The maximum Gasteiger partial charge on any atom is 0.0727 e. The fourth-order valence-electron chi connectivity index (χ4n) is 13.7. The standard InChI is InChI=1S/C75H56N2/c1-4-18-51(19-5-1)54-32-34-57(35-33-54)74-64-27-13-12-23-56(64)39-47-73(74)77(59-25-8-3-9-26-59)63-44-46-68-66-29-15-17-31-70(66)75(72(68)50-63)69-30-16-14-28-65(69)67-45-43-62(49-71(67)75)76(61-42-38-53-22-10-11-24-58(53)48-61)60-40-36-55(37-41-60)52-20-6-2-7-21-52/h1,3-5,8-19,22-50,52H,2,6-7,20-21H2. The Morgan fingerprint density at radius 3 is 1.47 bits per heavy atom. The van der Waals surface area contributed by atoms with Crippen LogP contribution in [-0.2, 0) is 5.41 Å². The van der Waals surface area contributed by atoms with Gasteiger partial charge in [0.2, 0.25) is 0 Å². The second kappa shape index (κ2) is 18.5. The van der Waals surface area contributed by atoms with Gasteiger partial charge in [0, 0.05) is 34.0 Å². The van der Waals surface area contributed by atoms with E-state index in [2.05, 4.69) is 283 Å². The lowest BCUT2D eigenvalue weighted by Gasteiger charge is -2.34. The molecule has 0 aromatic heterocycles. The number of benzene rings is 12. The fourth-order valence-corrected chi connectivity index (χ4v) is 13.7. The number of hydrogen-bond donors (Lipinski definition) is 0. The lowest BCUT2D eigenvalue weighted by Crippen LogP contribution is -2.26. The molecule has 366 valence electrons. The monoisotopic (exact) mass is 984 g/mol. The molecule has 0 bridgehead atoms. The summed E-state index contributed by atoms with van der Waals surface area (Å²) in [6.07, 6.45) is 6.55. The van der Waals surface area contributed by atoms with Gasteiger partial charge >= 0.3 is 0 Å². The van der Waals surface area contributed by atoms with Crippen LogP contribution >= 0.6 is 0 Å². The molecule has 1 unspecified atom stereocenters. The molecule has 12 aromatic carbocycles. The molecule has 1 fully saturated rings. The Hall–Kier alpha value is -9.24. The minimum atomic E-state index is -0.606. The van der Waals surface area contributed by atoms with Crippen molar-refractivity contribution in [1.29, 1.82) is 0 Å². The second-order valence-electron chi connectivity index (χ2n) is 21.4. The summed E-state index contributed by atoms with van der Waals surface area (Å²) >= 11 is 0. The minimum absolute atomic E-state index is 0.606. The molecular weight excluding hydrogens is 929 g/mol. The Kier molecular flexibility index (Phi) is 10.9. The van der Waals surface area contributed by atoms with Gasteiger partial charge in [-0.15, -0.1) is 0 Å². The van der Waals surface area contributed by atoms with Crippen molar-refractivity contribution >= 4 is 55.7 Å². The van der Waals surface area contributed by atoms with E-state index in [4.69, 9.17) is 0 Å². The summed E-state index contributed by atoms with van der Waals surface area (Å²) in [5.41, 5.74) is 22.8. The average Bonchev–Trinajstić information content (AvgIpc) is 3.21. The molecule has 12 aromatic rings. The van der Waals surface area contributed by atoms with Gasteiger partial charge < -0.3 is 9.80 Å². The lowest BCUT2D eigenvalue weighted by molar-refractivity contribution is 0.443. The van der Waals surface area contributed by atoms with Gasteiger partial charge in [0.15, 0.2) is 0 Å². The summed E-state index contributed by atoms with van der Waals surface area (Å²) in [5.74, 6) is 0.634. The Balaban J connectivity index is 0.943. The predicted molar refractivity (Wildman–Crippen MR) is 324 cm³/mol. The van der Waals surface area contributed by atoms with Gasteiger partial charge in [-0.25, -0.2) is 0 Å². The van der Waals surface area contributed by atoms with E-state index in [1.54, 1.807) is 0 Å². The summed E-state index contributed by atoms with van der Waals surface area (Å²) in [7, 11) is 0. The fraction of sp³-hybridized carbons (Fsp3) is 0.0933. The Morgan fingerprint density at radius 1 is 0.299 bits per heavy atom. The molecule has 77 heavy (non-hydrogen) atoms. The van der Waals surface area contributed by atoms with Gasteiger partial charge in [-0.1, -0.05) is 226 Å². The van der Waals surface area contributed by atoms with Crippen LogP contribution in [0.25, 0.3) is 66.1 Å². The summed E-state index contributed by atoms with van der Waals surface area (Å²) in [6.45, 7) is 0. The van der Waals surface area contributed by atoms with Gasteiger partial charge in [0.05, 0.1) is 11.1 Å². The molecule has 0 aliphatic heterocycles. The second-order valence-corrected chi connectivity index (χ2v) is 21.4. The topological polar surface area (TPSA) is 6.48 Å². The van der Waals surface area contributed by atoms with Gasteiger partial charge in [0.1, 0.15) is 0 Å². The zero-order chi connectivity index (χ0) is 50.9. The van der Waals surface area contributed by atoms with Crippen molar-refractivity contribution < 1.29 is 0 Å². The molecule has 0 amide bonds. The van der Waals surface area contributed by atoms with Crippen LogP contribution in [0.3, 0.4) is 0 Å². The maximum atomic E-state index is 2.54. The molecule has 2 heteroatoms. The average molecular weight is 985 g/mol. The Bertz CT molecular complexity index is 4180. The lowest BCUT2D eigenvalue weighted by atomic mass is 9.70. The van der Waals surface area contributed by atoms with Crippen LogP contribution in [0.5, 0.6) is 0 Å². The van der Waals surface area contributed by atoms with Crippen molar-refractivity contribution in [1.82, 2.24) is 0 Å². The highest BCUT2D eigenvalue weighted by Gasteiger charge is 2.52. The van der Waals surface area contributed by atoms with Crippen LogP contribution in [-0.4, -0.2) is 0 Å². The molecule has 0 radical (unpaired) electrons. The molecule has 0 N–H and O–H groups in total. The molecule has 0 heterocycles. The van der Waals surface area contributed by atoms with E-state index in [1.165, 1.54) is 132 Å². The van der Waals surface area contributed by atoms with Crippen molar-refractivity contribution in [3.05, 3.63) is 301 Å². The number of rotatable bonds is 9. The zero-order valence-corrected chi connectivity index (χ0v) is 43.0. The summed E-state index contributed by atoms with van der Waals surface area (Å²) in [6, 6.07) is 103. The van der Waals surface area contributed by atoms with Gasteiger partial charge in [-0.05, 0) is 174 Å². The first-order chi connectivity index (χ1) is 38.2. The highest BCUT2D eigenvalue weighted by Crippen LogP contribution is 2.64. The zero-order valence-electron chi connectivity index (χ0n) is 43.0. The van der Waals surface area contributed by atoms with Crippen molar-refractivity contribution in [3.8, 4) is 44.5 Å². The third-order valence-corrected chi connectivity index (χ3v) is 17.2. The molecule has 15 rings (SSSR count). The smallest absolute Gasteiger partial charge is 0.0727 e. The Labute approximate surface area is 451 Å². The predicted octanol–water partition coefficient (Wildman–Crippen LogP) is 20.7. The summed E-state index contributed by atoms with van der Waals surface area (Å²) < 4.78 is 0. The molecular formula is C75H56N2. The SMILES string of the molecule is c1ccc(-c2ccc(-c3c(N(c4ccccc4)c4ccc5c(c4)C4(c6ccccc6-c6ccc(N(c7ccc(C8CCCCC8)cc7)c7ccc8ccccc8c7)cc64)c4ccccc4-5)ccc4ccccc34)cc2)cc1. The first-order valence-electron chi connectivity index (χ1n) is 27.6. The normalized spacial score (nSPS) is 15.3. The number of fused-ring (bicyclic) bond motifs is 12. The van der Waals surface area contributed by atoms with Crippen molar-refractivity contribution in [2.75, 3.05) is 9.80 Å². The summed E-state index contributed by atoms with van der Waals surface area (Å²) in [5, 5.41) is 4.90. The largest absolute Gasteiger partial charge is 0.310 e. The number of para-hydroxylation sites is 1. The van der Waals surface area contributed by atoms with Crippen LogP contribution in [0.2, 0.25) is 0 Å². The van der Waals surface area contributed by atoms with Crippen LogP contribution in [0, 0.1) is 0 Å². The molecule has 0 saturated heterocycles. The van der Waals surface area contributed by atoms with Gasteiger partial charge in [-0.2, -0.15) is 0 Å². The van der Waals surface area contributed by atoms with E-state index in [9.17, 15) is 0 Å².